The number of anilines is 1. The normalized spacial score (nSPS) is 10.2. The monoisotopic (exact) mass is 343 g/mol. The summed E-state index contributed by atoms with van der Waals surface area (Å²) in [5.74, 6) is 0.0196. The minimum Gasteiger partial charge on any atom is -0.497 e. The highest BCUT2D eigenvalue weighted by molar-refractivity contribution is 6.04. The summed E-state index contributed by atoms with van der Waals surface area (Å²) < 4.78 is 15.2. The third-order valence-electron chi connectivity index (χ3n) is 3.40. The van der Waals surface area contributed by atoms with E-state index in [1.165, 1.54) is 0 Å². The lowest BCUT2D eigenvalue weighted by molar-refractivity contribution is 0.0335. The van der Waals surface area contributed by atoms with E-state index in [1.54, 1.807) is 55.6 Å². The van der Waals surface area contributed by atoms with Crippen molar-refractivity contribution >= 4 is 17.6 Å². The molecule has 2 aromatic carbocycles. The zero-order valence-electron chi connectivity index (χ0n) is 14.3. The molecule has 0 fully saturated rings. The van der Waals surface area contributed by atoms with Crippen LogP contribution in [0.4, 0.5) is 5.69 Å². The van der Waals surface area contributed by atoms with Crippen LogP contribution in [0.2, 0.25) is 0 Å². The molecule has 0 atom stereocenters. The van der Waals surface area contributed by atoms with Crippen LogP contribution in [0.15, 0.2) is 48.5 Å². The minimum absolute atomic E-state index is 0.211. The Hall–Kier alpha value is -2.86. The van der Waals surface area contributed by atoms with Crippen LogP contribution in [-0.2, 0) is 9.47 Å². The summed E-state index contributed by atoms with van der Waals surface area (Å²) in [4.78, 5) is 24.0. The quantitative estimate of drug-likeness (QED) is 0.589. The lowest BCUT2D eigenvalue weighted by atomic mass is 10.1. The number of hydrogen-bond acceptors (Lipinski definition) is 5. The SMILES string of the molecule is CCOCCOC(=O)c1ccc(NC(=O)c2ccc(OC)cc2)cc1. The molecule has 0 saturated heterocycles. The van der Waals surface area contributed by atoms with Gasteiger partial charge in [0.25, 0.3) is 5.91 Å². The molecule has 25 heavy (non-hydrogen) atoms. The van der Waals surface area contributed by atoms with Gasteiger partial charge < -0.3 is 19.5 Å². The van der Waals surface area contributed by atoms with Gasteiger partial charge in [0.05, 0.1) is 19.3 Å². The van der Waals surface area contributed by atoms with Crippen LogP contribution >= 0.6 is 0 Å². The summed E-state index contributed by atoms with van der Waals surface area (Å²) >= 11 is 0. The lowest BCUT2D eigenvalue weighted by Gasteiger charge is -2.08. The summed E-state index contributed by atoms with van der Waals surface area (Å²) in [7, 11) is 1.57. The molecule has 0 heterocycles. The Balaban J connectivity index is 1.90. The Bertz CT molecular complexity index is 695. The van der Waals surface area contributed by atoms with E-state index in [0.29, 0.717) is 35.8 Å². The van der Waals surface area contributed by atoms with E-state index in [9.17, 15) is 9.59 Å². The first-order valence-electron chi connectivity index (χ1n) is 7.94. The first kappa shape index (κ1) is 18.5. The Morgan fingerprint density at radius 2 is 1.56 bits per heavy atom. The van der Waals surface area contributed by atoms with E-state index in [2.05, 4.69) is 5.32 Å². The van der Waals surface area contributed by atoms with Crippen molar-refractivity contribution in [2.45, 2.75) is 6.92 Å². The molecule has 0 aliphatic rings. The standard InChI is InChI=1S/C19H21NO5/c1-3-24-12-13-25-19(22)15-4-8-16(9-5-15)20-18(21)14-6-10-17(23-2)11-7-14/h4-11H,3,12-13H2,1-2H3,(H,20,21). The van der Waals surface area contributed by atoms with Gasteiger partial charge in [-0.05, 0) is 55.5 Å². The molecule has 0 spiro atoms. The van der Waals surface area contributed by atoms with Crippen LogP contribution in [-0.4, -0.2) is 38.8 Å². The van der Waals surface area contributed by atoms with Crippen molar-refractivity contribution in [3.8, 4) is 5.75 Å². The van der Waals surface area contributed by atoms with Gasteiger partial charge in [0, 0.05) is 17.9 Å². The molecular weight excluding hydrogens is 322 g/mol. The second-order valence-electron chi connectivity index (χ2n) is 5.09. The number of hydrogen-bond donors (Lipinski definition) is 1. The van der Waals surface area contributed by atoms with Crippen LogP contribution in [0.1, 0.15) is 27.6 Å². The van der Waals surface area contributed by atoms with E-state index >= 15 is 0 Å². The summed E-state index contributed by atoms with van der Waals surface area (Å²) in [5, 5.41) is 2.77. The molecular formula is C19H21NO5. The van der Waals surface area contributed by atoms with Gasteiger partial charge in [-0.2, -0.15) is 0 Å². The number of esters is 1. The molecule has 0 unspecified atom stereocenters. The number of amides is 1. The number of carbonyl (C=O) groups excluding carboxylic acids is 2. The molecule has 0 saturated carbocycles. The molecule has 0 radical (unpaired) electrons. The van der Waals surface area contributed by atoms with Crippen molar-refractivity contribution in [1.29, 1.82) is 0 Å². The zero-order valence-corrected chi connectivity index (χ0v) is 14.3. The van der Waals surface area contributed by atoms with Gasteiger partial charge in [0.15, 0.2) is 0 Å². The number of rotatable bonds is 8. The molecule has 1 N–H and O–H groups in total. The number of nitrogens with one attached hydrogen (secondary N) is 1. The van der Waals surface area contributed by atoms with Crippen molar-refractivity contribution in [2.24, 2.45) is 0 Å². The predicted molar refractivity (Wildman–Crippen MR) is 94.2 cm³/mol. The fourth-order valence-electron chi connectivity index (χ4n) is 2.06. The summed E-state index contributed by atoms with van der Waals surface area (Å²) in [6.45, 7) is 3.04. The third-order valence-corrected chi connectivity index (χ3v) is 3.40. The van der Waals surface area contributed by atoms with Crippen molar-refractivity contribution in [3.63, 3.8) is 0 Å². The average Bonchev–Trinajstić information content (AvgIpc) is 2.65. The van der Waals surface area contributed by atoms with Gasteiger partial charge in [-0.25, -0.2) is 4.79 Å². The molecule has 0 bridgehead atoms. The topological polar surface area (TPSA) is 73.9 Å². The maximum atomic E-state index is 12.2. The van der Waals surface area contributed by atoms with Crippen LogP contribution in [0, 0.1) is 0 Å². The molecule has 6 heteroatoms. The first-order chi connectivity index (χ1) is 12.1. The van der Waals surface area contributed by atoms with Gasteiger partial charge in [-0.3, -0.25) is 4.79 Å². The molecule has 2 aromatic rings. The Morgan fingerprint density at radius 3 is 2.16 bits per heavy atom. The molecule has 2 rings (SSSR count). The average molecular weight is 343 g/mol. The molecule has 0 aliphatic carbocycles. The lowest BCUT2D eigenvalue weighted by Crippen LogP contribution is -2.13. The maximum absolute atomic E-state index is 12.2. The van der Waals surface area contributed by atoms with E-state index in [0.717, 1.165) is 0 Å². The van der Waals surface area contributed by atoms with Crippen molar-refractivity contribution in [2.75, 3.05) is 32.2 Å². The van der Waals surface area contributed by atoms with Crippen molar-refractivity contribution < 1.29 is 23.8 Å². The van der Waals surface area contributed by atoms with E-state index < -0.39 is 5.97 Å². The number of ether oxygens (including phenoxy) is 3. The second kappa shape index (κ2) is 9.44. The van der Waals surface area contributed by atoms with Gasteiger partial charge in [0.2, 0.25) is 0 Å². The molecule has 0 aliphatic heterocycles. The van der Waals surface area contributed by atoms with E-state index in [-0.39, 0.29) is 12.5 Å². The Kier molecular flexibility index (Phi) is 6.98. The zero-order chi connectivity index (χ0) is 18.1. The minimum atomic E-state index is -0.423. The first-order valence-corrected chi connectivity index (χ1v) is 7.94. The van der Waals surface area contributed by atoms with Gasteiger partial charge in [0.1, 0.15) is 12.4 Å². The van der Waals surface area contributed by atoms with E-state index in [4.69, 9.17) is 14.2 Å². The smallest absolute Gasteiger partial charge is 0.338 e. The number of methoxy groups -OCH3 is 1. The summed E-state index contributed by atoms with van der Waals surface area (Å²) in [6, 6.07) is 13.3. The fourth-order valence-corrected chi connectivity index (χ4v) is 2.06. The van der Waals surface area contributed by atoms with Gasteiger partial charge in [-0.1, -0.05) is 0 Å². The number of benzene rings is 2. The van der Waals surface area contributed by atoms with Crippen LogP contribution in [0.5, 0.6) is 5.75 Å². The van der Waals surface area contributed by atoms with Gasteiger partial charge in [-0.15, -0.1) is 0 Å². The molecule has 132 valence electrons. The van der Waals surface area contributed by atoms with Gasteiger partial charge >= 0.3 is 5.97 Å². The Morgan fingerprint density at radius 1 is 0.920 bits per heavy atom. The van der Waals surface area contributed by atoms with Crippen LogP contribution in [0.25, 0.3) is 0 Å². The van der Waals surface area contributed by atoms with E-state index in [1.807, 2.05) is 6.92 Å². The van der Waals surface area contributed by atoms with Crippen molar-refractivity contribution in [1.82, 2.24) is 0 Å². The summed E-state index contributed by atoms with van der Waals surface area (Å²) in [5.41, 5.74) is 1.52. The third kappa shape index (κ3) is 5.61. The highest BCUT2D eigenvalue weighted by Gasteiger charge is 2.09. The fraction of sp³-hybridized carbons (Fsp3) is 0.263. The largest absolute Gasteiger partial charge is 0.497 e. The van der Waals surface area contributed by atoms with Crippen LogP contribution < -0.4 is 10.1 Å². The second-order valence-corrected chi connectivity index (χ2v) is 5.09. The highest BCUT2D eigenvalue weighted by Crippen LogP contribution is 2.15. The van der Waals surface area contributed by atoms with Crippen molar-refractivity contribution in [3.05, 3.63) is 59.7 Å². The number of carbonyl (C=O) groups is 2. The Labute approximate surface area is 146 Å². The molecule has 6 nitrogen and oxygen atoms in total. The summed E-state index contributed by atoms with van der Waals surface area (Å²) in [6.07, 6.45) is 0. The molecule has 0 aromatic heterocycles. The molecule has 1 amide bonds. The highest BCUT2D eigenvalue weighted by atomic mass is 16.6. The predicted octanol–water partition coefficient (Wildman–Crippen LogP) is 3.14. The van der Waals surface area contributed by atoms with Crippen LogP contribution in [0.3, 0.4) is 0 Å². The maximum Gasteiger partial charge on any atom is 0.338 e.